The number of aryl methyl sites for hydroxylation is 1. The van der Waals surface area contributed by atoms with E-state index in [9.17, 15) is 0 Å². The highest BCUT2D eigenvalue weighted by molar-refractivity contribution is 5.43. The highest BCUT2D eigenvalue weighted by Crippen LogP contribution is 2.22. The zero-order chi connectivity index (χ0) is 21.0. The molecule has 0 aromatic heterocycles. The lowest BCUT2D eigenvalue weighted by molar-refractivity contribution is -0.870. The topological polar surface area (TPSA) is 34.0 Å². The number of benzene rings is 2. The molecule has 4 heteroatoms. The minimum atomic E-state index is 0.773. The third-order valence-corrected chi connectivity index (χ3v) is 4.87. The molecule has 0 aliphatic carbocycles. The van der Waals surface area contributed by atoms with Crippen LogP contribution in [0.25, 0.3) is 0 Å². The number of ether oxygens (including phenoxy) is 1. The van der Waals surface area contributed by atoms with Gasteiger partial charge in [-0.1, -0.05) is 25.5 Å². The maximum absolute atomic E-state index is 5.84. The van der Waals surface area contributed by atoms with Crippen molar-refractivity contribution >= 4 is 11.4 Å². The van der Waals surface area contributed by atoms with Crippen molar-refractivity contribution in [1.82, 2.24) is 0 Å². The number of hydrogen-bond donors (Lipinski definition) is 0. The summed E-state index contributed by atoms with van der Waals surface area (Å²) in [5, 5.41) is 8.66. The summed E-state index contributed by atoms with van der Waals surface area (Å²) in [4.78, 5) is 0. The molecule has 0 aliphatic rings. The number of unbranched alkanes of at least 4 members (excludes halogenated alkanes) is 4. The second kappa shape index (κ2) is 12.4. The Labute approximate surface area is 177 Å². The van der Waals surface area contributed by atoms with Gasteiger partial charge < -0.3 is 9.22 Å². The van der Waals surface area contributed by atoms with Gasteiger partial charge in [0.1, 0.15) is 5.75 Å². The lowest BCUT2D eigenvalue weighted by Gasteiger charge is -2.23. The van der Waals surface area contributed by atoms with E-state index in [2.05, 4.69) is 50.4 Å². The van der Waals surface area contributed by atoms with Gasteiger partial charge in [-0.3, -0.25) is 0 Å². The Morgan fingerprint density at radius 3 is 1.90 bits per heavy atom. The van der Waals surface area contributed by atoms with Crippen molar-refractivity contribution < 1.29 is 9.22 Å². The average molecular weight is 397 g/mol. The Balaban J connectivity index is 1.68. The van der Waals surface area contributed by atoms with Crippen LogP contribution < -0.4 is 4.74 Å². The van der Waals surface area contributed by atoms with Crippen molar-refractivity contribution in [3.63, 3.8) is 0 Å². The lowest BCUT2D eigenvalue weighted by Crippen LogP contribution is -2.35. The summed E-state index contributed by atoms with van der Waals surface area (Å²) < 4.78 is 6.89. The molecule has 2 rings (SSSR count). The van der Waals surface area contributed by atoms with Gasteiger partial charge in [0.2, 0.25) is 0 Å². The molecule has 0 amide bonds. The van der Waals surface area contributed by atoms with Gasteiger partial charge in [0.25, 0.3) is 0 Å². The molecule has 0 fully saturated rings. The Morgan fingerprint density at radius 1 is 0.724 bits per heavy atom. The molecule has 0 aliphatic heterocycles. The fourth-order valence-corrected chi connectivity index (χ4v) is 3.07. The first kappa shape index (κ1) is 23.1. The zero-order valence-electron chi connectivity index (χ0n) is 18.7. The normalized spacial score (nSPS) is 11.9. The number of nitrogens with zero attached hydrogens (tertiary/aromatic N) is 3. The van der Waals surface area contributed by atoms with Crippen LogP contribution in [0.4, 0.5) is 11.4 Å². The van der Waals surface area contributed by atoms with Gasteiger partial charge in [0.05, 0.1) is 45.7 Å². The number of quaternary nitrogens is 1. The predicted molar refractivity (Wildman–Crippen MR) is 123 cm³/mol. The molecule has 0 bridgehead atoms. The third-order valence-electron chi connectivity index (χ3n) is 4.87. The maximum atomic E-state index is 5.84. The molecule has 158 valence electrons. The van der Waals surface area contributed by atoms with E-state index in [1.807, 2.05) is 36.4 Å². The molecular weight excluding hydrogens is 358 g/mol. The number of hydrogen-bond acceptors (Lipinski definition) is 3. The molecular formula is C25H38N3O+. The van der Waals surface area contributed by atoms with Crippen LogP contribution in [-0.4, -0.2) is 38.8 Å². The second-order valence-electron chi connectivity index (χ2n) is 8.74. The van der Waals surface area contributed by atoms with Gasteiger partial charge in [0.15, 0.2) is 0 Å². The molecule has 0 N–H and O–H groups in total. The van der Waals surface area contributed by atoms with E-state index in [0.717, 1.165) is 41.1 Å². The molecule has 0 saturated carbocycles. The third kappa shape index (κ3) is 10.2. The van der Waals surface area contributed by atoms with Crippen molar-refractivity contribution in [2.45, 2.75) is 51.9 Å². The van der Waals surface area contributed by atoms with Crippen molar-refractivity contribution in [3.05, 3.63) is 54.1 Å². The smallest absolute Gasteiger partial charge is 0.119 e. The van der Waals surface area contributed by atoms with Crippen molar-refractivity contribution in [2.24, 2.45) is 10.2 Å². The van der Waals surface area contributed by atoms with Crippen molar-refractivity contribution in [3.8, 4) is 5.75 Å². The molecule has 0 atom stereocenters. The maximum Gasteiger partial charge on any atom is 0.119 e. The Bertz CT molecular complexity index is 715. The fraction of sp³-hybridized carbons (Fsp3) is 0.520. The summed E-state index contributed by atoms with van der Waals surface area (Å²) in [6.45, 7) is 4.23. The average Bonchev–Trinajstić information content (AvgIpc) is 2.71. The first-order valence-electron chi connectivity index (χ1n) is 11.0. The lowest BCUT2D eigenvalue weighted by atomic mass is 10.1. The van der Waals surface area contributed by atoms with E-state index in [-0.39, 0.29) is 0 Å². The standard InChI is InChI=1S/C25H38N3O/c1-5-6-11-22-12-14-23(15-13-22)26-27-24-16-18-25(19-17-24)29-21-10-8-7-9-20-28(2,3)4/h12-19H,5-11,20-21H2,1-4H3/q+1. The largest absolute Gasteiger partial charge is 0.494 e. The van der Waals surface area contributed by atoms with E-state index in [1.54, 1.807) is 0 Å². The highest BCUT2D eigenvalue weighted by atomic mass is 16.5. The Morgan fingerprint density at radius 2 is 1.31 bits per heavy atom. The van der Waals surface area contributed by atoms with E-state index >= 15 is 0 Å². The fourth-order valence-electron chi connectivity index (χ4n) is 3.07. The zero-order valence-corrected chi connectivity index (χ0v) is 18.7. The van der Waals surface area contributed by atoms with Crippen LogP contribution in [0.5, 0.6) is 5.75 Å². The molecule has 0 radical (unpaired) electrons. The molecule has 0 spiro atoms. The molecule has 0 saturated heterocycles. The molecule has 29 heavy (non-hydrogen) atoms. The van der Waals surface area contributed by atoms with Crippen LogP contribution in [0.2, 0.25) is 0 Å². The van der Waals surface area contributed by atoms with E-state index in [1.165, 1.54) is 44.2 Å². The minimum absolute atomic E-state index is 0.773. The Kier molecular flexibility index (Phi) is 9.85. The Hall–Kier alpha value is -2.20. The van der Waals surface area contributed by atoms with Crippen LogP contribution >= 0.6 is 0 Å². The molecule has 0 unspecified atom stereocenters. The van der Waals surface area contributed by atoms with Gasteiger partial charge in [-0.15, -0.1) is 0 Å². The van der Waals surface area contributed by atoms with Gasteiger partial charge in [0, 0.05) is 0 Å². The second-order valence-corrected chi connectivity index (χ2v) is 8.74. The summed E-state index contributed by atoms with van der Waals surface area (Å²) in [5.74, 6) is 0.899. The van der Waals surface area contributed by atoms with Crippen LogP contribution in [0.15, 0.2) is 58.8 Å². The van der Waals surface area contributed by atoms with Gasteiger partial charge in [-0.2, -0.15) is 10.2 Å². The van der Waals surface area contributed by atoms with Gasteiger partial charge in [-0.05, 0) is 80.5 Å². The predicted octanol–water partition coefficient (Wildman–Crippen LogP) is 7.09. The number of azo groups is 1. The molecule has 0 heterocycles. The van der Waals surface area contributed by atoms with E-state index in [0.29, 0.717) is 0 Å². The number of rotatable bonds is 13. The SMILES string of the molecule is CCCCc1ccc(N=Nc2ccc(OCCCCCC[N+](C)(C)C)cc2)cc1. The summed E-state index contributed by atoms with van der Waals surface area (Å²) in [6, 6.07) is 16.2. The summed E-state index contributed by atoms with van der Waals surface area (Å²) >= 11 is 0. The van der Waals surface area contributed by atoms with Crippen LogP contribution in [0, 0.1) is 0 Å². The van der Waals surface area contributed by atoms with Crippen LogP contribution in [-0.2, 0) is 6.42 Å². The van der Waals surface area contributed by atoms with Gasteiger partial charge >= 0.3 is 0 Å². The molecule has 4 nitrogen and oxygen atoms in total. The quantitative estimate of drug-likeness (QED) is 0.202. The summed E-state index contributed by atoms with van der Waals surface area (Å²) in [7, 11) is 6.74. The molecule has 2 aromatic carbocycles. The van der Waals surface area contributed by atoms with Crippen molar-refractivity contribution in [1.29, 1.82) is 0 Å². The van der Waals surface area contributed by atoms with Crippen LogP contribution in [0.1, 0.15) is 51.0 Å². The van der Waals surface area contributed by atoms with Crippen LogP contribution in [0.3, 0.4) is 0 Å². The van der Waals surface area contributed by atoms with E-state index < -0.39 is 0 Å². The summed E-state index contributed by atoms with van der Waals surface area (Å²) in [6.07, 6.45) is 8.47. The first-order valence-corrected chi connectivity index (χ1v) is 11.0. The molecule has 2 aromatic rings. The monoisotopic (exact) mass is 396 g/mol. The van der Waals surface area contributed by atoms with Gasteiger partial charge in [-0.25, -0.2) is 0 Å². The van der Waals surface area contributed by atoms with E-state index in [4.69, 9.17) is 4.74 Å². The summed E-state index contributed by atoms with van der Waals surface area (Å²) in [5.41, 5.74) is 3.09. The minimum Gasteiger partial charge on any atom is -0.494 e. The van der Waals surface area contributed by atoms with Crippen molar-refractivity contribution in [2.75, 3.05) is 34.3 Å². The first-order chi connectivity index (χ1) is 14.0. The highest BCUT2D eigenvalue weighted by Gasteiger charge is 2.05.